The van der Waals surface area contributed by atoms with Crippen LogP contribution in [0.1, 0.15) is 26.7 Å². The van der Waals surface area contributed by atoms with Gasteiger partial charge in [0.2, 0.25) is 21.7 Å². The molecule has 0 radical (unpaired) electrons. The van der Waals surface area contributed by atoms with Crippen LogP contribution in [0.2, 0.25) is 0 Å². The first-order chi connectivity index (χ1) is 14.7. The minimum atomic E-state index is -3.60. The minimum absolute atomic E-state index is 0.125. The lowest BCUT2D eigenvalue weighted by Gasteiger charge is -2.30. The number of amides is 1. The van der Waals surface area contributed by atoms with Crippen LogP contribution in [0.25, 0.3) is 0 Å². The zero-order valence-corrected chi connectivity index (χ0v) is 18.6. The summed E-state index contributed by atoms with van der Waals surface area (Å²) < 4.78 is 43.6. The van der Waals surface area contributed by atoms with Crippen molar-refractivity contribution in [1.82, 2.24) is 4.31 Å². The molecule has 0 bridgehead atoms. The van der Waals surface area contributed by atoms with E-state index in [2.05, 4.69) is 5.32 Å². The molecular formula is C22H26N2O6S. The third-order valence-corrected chi connectivity index (χ3v) is 7.36. The van der Waals surface area contributed by atoms with E-state index in [1.807, 2.05) is 13.8 Å². The van der Waals surface area contributed by atoms with E-state index >= 15 is 0 Å². The van der Waals surface area contributed by atoms with Gasteiger partial charge < -0.3 is 19.5 Å². The molecule has 0 saturated carbocycles. The molecule has 0 unspecified atom stereocenters. The van der Waals surface area contributed by atoms with Gasteiger partial charge in [-0.1, -0.05) is 0 Å². The van der Waals surface area contributed by atoms with Gasteiger partial charge in [-0.25, -0.2) is 8.42 Å². The predicted molar refractivity (Wildman–Crippen MR) is 115 cm³/mol. The standard InChI is InChI=1S/C22H26N2O6S/c1-22(2)29-19-9-4-16(14-20(19)30-22)23-21(25)15-10-12-24(13-11-15)31(26,27)18-7-5-17(28-3)6-8-18/h4-9,14-15H,10-13H2,1-3H3,(H,23,25). The number of nitrogens with one attached hydrogen (secondary N) is 1. The highest BCUT2D eigenvalue weighted by atomic mass is 32.2. The lowest BCUT2D eigenvalue weighted by molar-refractivity contribution is -0.120. The van der Waals surface area contributed by atoms with Crippen molar-refractivity contribution in [2.24, 2.45) is 5.92 Å². The number of benzene rings is 2. The third-order valence-electron chi connectivity index (χ3n) is 5.44. The number of nitrogens with zero attached hydrogens (tertiary/aromatic N) is 1. The van der Waals surface area contributed by atoms with Crippen molar-refractivity contribution in [3.63, 3.8) is 0 Å². The van der Waals surface area contributed by atoms with Crippen molar-refractivity contribution in [2.45, 2.75) is 37.4 Å². The Labute approximate surface area is 182 Å². The molecule has 4 rings (SSSR count). The second-order valence-corrected chi connectivity index (χ2v) is 10.0. The average molecular weight is 447 g/mol. The number of carbonyl (C=O) groups is 1. The van der Waals surface area contributed by atoms with Gasteiger partial charge in [-0.15, -0.1) is 0 Å². The van der Waals surface area contributed by atoms with E-state index < -0.39 is 15.8 Å². The lowest BCUT2D eigenvalue weighted by Crippen LogP contribution is -2.41. The van der Waals surface area contributed by atoms with Crippen LogP contribution in [-0.4, -0.2) is 44.6 Å². The molecule has 1 amide bonds. The van der Waals surface area contributed by atoms with Crippen LogP contribution >= 0.6 is 0 Å². The van der Waals surface area contributed by atoms with E-state index in [1.165, 1.54) is 23.5 Å². The molecule has 1 saturated heterocycles. The molecule has 0 aliphatic carbocycles. The van der Waals surface area contributed by atoms with Gasteiger partial charge in [0, 0.05) is 44.6 Å². The first kappa shape index (κ1) is 21.5. The number of methoxy groups -OCH3 is 1. The summed E-state index contributed by atoms with van der Waals surface area (Å²) in [5, 5.41) is 2.91. The highest BCUT2D eigenvalue weighted by molar-refractivity contribution is 7.89. The molecule has 166 valence electrons. The number of anilines is 1. The summed E-state index contributed by atoms with van der Waals surface area (Å²) in [6, 6.07) is 11.6. The van der Waals surface area contributed by atoms with Gasteiger partial charge >= 0.3 is 0 Å². The summed E-state index contributed by atoms with van der Waals surface area (Å²) in [4.78, 5) is 12.9. The quantitative estimate of drug-likeness (QED) is 0.758. The highest BCUT2D eigenvalue weighted by Gasteiger charge is 2.34. The summed E-state index contributed by atoms with van der Waals surface area (Å²) in [6.07, 6.45) is 0.914. The molecule has 2 aromatic rings. The Balaban J connectivity index is 1.36. The van der Waals surface area contributed by atoms with Crippen LogP contribution in [0, 0.1) is 5.92 Å². The monoisotopic (exact) mass is 446 g/mol. The number of carbonyl (C=O) groups excluding carboxylic acids is 1. The van der Waals surface area contributed by atoms with Crippen molar-refractivity contribution in [3.05, 3.63) is 42.5 Å². The summed E-state index contributed by atoms with van der Waals surface area (Å²) in [5.41, 5.74) is 0.623. The fourth-order valence-corrected chi connectivity index (χ4v) is 5.27. The van der Waals surface area contributed by atoms with E-state index in [-0.39, 0.29) is 16.7 Å². The number of hydrogen-bond acceptors (Lipinski definition) is 6. The molecule has 1 N–H and O–H groups in total. The van der Waals surface area contributed by atoms with Gasteiger partial charge in [0.15, 0.2) is 11.5 Å². The Kier molecular flexibility index (Phi) is 5.57. The molecular weight excluding hydrogens is 420 g/mol. The van der Waals surface area contributed by atoms with Gasteiger partial charge in [0.1, 0.15) is 5.75 Å². The lowest BCUT2D eigenvalue weighted by atomic mass is 9.97. The van der Waals surface area contributed by atoms with Crippen molar-refractivity contribution in [1.29, 1.82) is 0 Å². The molecule has 8 nitrogen and oxygen atoms in total. The predicted octanol–water partition coefficient (Wildman–Crippen LogP) is 3.24. The van der Waals surface area contributed by atoms with E-state index in [0.29, 0.717) is 48.9 Å². The van der Waals surface area contributed by atoms with E-state index in [9.17, 15) is 13.2 Å². The maximum Gasteiger partial charge on any atom is 0.246 e. The van der Waals surface area contributed by atoms with Gasteiger partial charge in [-0.3, -0.25) is 4.79 Å². The fourth-order valence-electron chi connectivity index (χ4n) is 3.80. The minimum Gasteiger partial charge on any atom is -0.497 e. The third kappa shape index (κ3) is 4.47. The molecule has 0 atom stereocenters. The van der Waals surface area contributed by atoms with Crippen LogP contribution < -0.4 is 19.5 Å². The zero-order valence-electron chi connectivity index (χ0n) is 17.8. The van der Waals surface area contributed by atoms with E-state index in [0.717, 1.165) is 0 Å². The average Bonchev–Trinajstić information content (AvgIpc) is 3.07. The Hall–Kier alpha value is -2.78. The van der Waals surface area contributed by atoms with Crippen molar-refractivity contribution in [2.75, 3.05) is 25.5 Å². The molecule has 1 fully saturated rings. The maximum absolute atomic E-state index is 12.9. The van der Waals surface area contributed by atoms with Gasteiger partial charge in [-0.2, -0.15) is 4.31 Å². The van der Waals surface area contributed by atoms with E-state index in [1.54, 1.807) is 30.3 Å². The molecule has 31 heavy (non-hydrogen) atoms. The number of rotatable bonds is 5. The summed E-state index contributed by atoms with van der Waals surface area (Å²) in [7, 11) is -2.07. The molecule has 0 spiro atoms. The molecule has 2 aliphatic rings. The summed E-state index contributed by atoms with van der Waals surface area (Å²) in [5.74, 6) is 0.709. The van der Waals surface area contributed by atoms with Gasteiger partial charge in [0.25, 0.3) is 0 Å². The van der Waals surface area contributed by atoms with E-state index in [4.69, 9.17) is 14.2 Å². The SMILES string of the molecule is COc1ccc(S(=O)(=O)N2CCC(C(=O)Nc3ccc4c(c3)OC(C)(C)O4)CC2)cc1. The van der Waals surface area contributed by atoms with Crippen molar-refractivity contribution < 1.29 is 27.4 Å². The van der Waals surface area contributed by atoms with Crippen LogP contribution in [0.3, 0.4) is 0 Å². The first-order valence-electron chi connectivity index (χ1n) is 10.2. The Morgan fingerprint density at radius 2 is 1.71 bits per heavy atom. The summed E-state index contributed by atoms with van der Waals surface area (Å²) in [6.45, 7) is 4.22. The smallest absolute Gasteiger partial charge is 0.246 e. The molecule has 2 aliphatic heterocycles. The first-order valence-corrected chi connectivity index (χ1v) is 11.6. The molecule has 2 heterocycles. The molecule has 9 heteroatoms. The summed E-state index contributed by atoms with van der Waals surface area (Å²) >= 11 is 0. The van der Waals surface area contributed by atoms with Crippen molar-refractivity contribution >= 4 is 21.6 Å². The number of sulfonamides is 1. The van der Waals surface area contributed by atoms with Gasteiger partial charge in [0.05, 0.1) is 12.0 Å². The van der Waals surface area contributed by atoms with Crippen LogP contribution in [-0.2, 0) is 14.8 Å². The number of hydrogen-bond donors (Lipinski definition) is 1. The van der Waals surface area contributed by atoms with Crippen molar-refractivity contribution in [3.8, 4) is 17.2 Å². The second-order valence-electron chi connectivity index (χ2n) is 8.11. The Morgan fingerprint density at radius 1 is 1.06 bits per heavy atom. The fraction of sp³-hybridized carbons (Fsp3) is 0.409. The van der Waals surface area contributed by atoms with Gasteiger partial charge in [-0.05, 0) is 49.2 Å². The largest absolute Gasteiger partial charge is 0.497 e. The molecule has 0 aromatic heterocycles. The number of ether oxygens (including phenoxy) is 3. The van der Waals surface area contributed by atoms with Crippen LogP contribution in [0.4, 0.5) is 5.69 Å². The number of fused-ring (bicyclic) bond motifs is 1. The Bertz CT molecular complexity index is 1070. The van der Waals surface area contributed by atoms with Crippen LogP contribution in [0.15, 0.2) is 47.4 Å². The Morgan fingerprint density at radius 3 is 2.35 bits per heavy atom. The molecule has 2 aromatic carbocycles. The number of piperidine rings is 1. The zero-order chi connectivity index (χ0) is 22.2. The van der Waals surface area contributed by atoms with Crippen LogP contribution in [0.5, 0.6) is 17.2 Å². The highest BCUT2D eigenvalue weighted by Crippen LogP contribution is 2.40. The second kappa shape index (κ2) is 8.05. The maximum atomic E-state index is 12.9. The topological polar surface area (TPSA) is 94.2 Å². The normalized spacial score (nSPS) is 18.5.